The number of hydrogen-bond donors (Lipinski definition) is 0. The first-order valence-corrected chi connectivity index (χ1v) is 15.6. The minimum absolute atomic E-state index is 0. The van der Waals surface area contributed by atoms with Crippen LogP contribution in [0.25, 0.3) is 0 Å². The molecule has 0 bridgehead atoms. The lowest BCUT2D eigenvalue weighted by atomic mass is 9.84. The first-order valence-electron chi connectivity index (χ1n) is 15.6. The van der Waals surface area contributed by atoms with Crippen LogP contribution in [0.4, 0.5) is 13.2 Å². The van der Waals surface area contributed by atoms with Gasteiger partial charge in [-0.3, -0.25) is 0 Å². The van der Waals surface area contributed by atoms with Gasteiger partial charge in [-0.15, -0.1) is 0 Å². The predicted molar refractivity (Wildman–Crippen MR) is 202 cm³/mol. The van der Waals surface area contributed by atoms with Crippen molar-refractivity contribution in [1.82, 2.24) is 0 Å². The van der Waals surface area contributed by atoms with Gasteiger partial charge in [0.05, 0.1) is 13.2 Å². The number of halogens is 3. The molecule has 1 aliphatic heterocycles. The summed E-state index contributed by atoms with van der Waals surface area (Å²) in [4.78, 5) is 0. The van der Waals surface area contributed by atoms with Gasteiger partial charge in [0.15, 0.2) is 6.29 Å². The van der Waals surface area contributed by atoms with E-state index in [1.165, 1.54) is 61.9 Å². The molecule has 1 saturated heterocycles. The van der Waals surface area contributed by atoms with Crippen molar-refractivity contribution < 1.29 is 22.6 Å². The summed E-state index contributed by atoms with van der Waals surface area (Å²) in [7, 11) is 0. The first kappa shape index (κ1) is 51.2. The second-order valence-electron chi connectivity index (χ2n) is 12.5. The molecule has 47 heavy (non-hydrogen) atoms. The summed E-state index contributed by atoms with van der Waals surface area (Å²) in [6.07, 6.45) is 5.91. The highest BCUT2D eigenvalue weighted by molar-refractivity contribution is 5.24. The van der Waals surface area contributed by atoms with Gasteiger partial charge in [0.2, 0.25) is 0 Å². The molecule has 1 saturated carbocycles. The van der Waals surface area contributed by atoms with Crippen molar-refractivity contribution in [3.05, 3.63) is 105 Å². The molecule has 2 fully saturated rings. The molecule has 0 N–H and O–H groups in total. The Bertz CT molecular complexity index is 1090. The maximum absolute atomic E-state index is 12.6. The highest BCUT2D eigenvalue weighted by Crippen LogP contribution is 2.27. The minimum Gasteiger partial charge on any atom is -0.353 e. The summed E-state index contributed by atoms with van der Waals surface area (Å²) in [6, 6.07) is 16.3. The van der Waals surface area contributed by atoms with Crippen LogP contribution >= 0.6 is 0 Å². The molecule has 2 aliphatic rings. The molecule has 5 rings (SSSR count). The lowest BCUT2D eigenvalue weighted by Gasteiger charge is -2.24. The Morgan fingerprint density at radius 1 is 0.468 bits per heavy atom. The van der Waals surface area contributed by atoms with Crippen LogP contribution in [-0.4, -0.2) is 19.5 Å². The fourth-order valence-electron chi connectivity index (χ4n) is 4.23. The van der Waals surface area contributed by atoms with E-state index in [0.717, 1.165) is 30.6 Å². The summed E-state index contributed by atoms with van der Waals surface area (Å²) in [5.41, 5.74) is 5.04. The summed E-state index contributed by atoms with van der Waals surface area (Å²) >= 11 is 0. The van der Waals surface area contributed by atoms with Crippen molar-refractivity contribution in [3.8, 4) is 0 Å². The van der Waals surface area contributed by atoms with E-state index in [4.69, 9.17) is 9.47 Å². The predicted octanol–water partition coefficient (Wildman–Crippen LogP) is 13.7. The molecule has 5 heteroatoms. The molecule has 1 aliphatic carbocycles. The van der Waals surface area contributed by atoms with E-state index in [1.807, 2.05) is 19.9 Å². The van der Waals surface area contributed by atoms with Crippen molar-refractivity contribution >= 4 is 0 Å². The van der Waals surface area contributed by atoms with Crippen LogP contribution < -0.4 is 0 Å². The Balaban J connectivity index is -0.000000241. The van der Waals surface area contributed by atoms with Crippen LogP contribution in [-0.2, 0) is 9.47 Å². The second kappa shape index (κ2) is 27.3. The zero-order valence-electron chi connectivity index (χ0n) is 28.2. The van der Waals surface area contributed by atoms with Crippen LogP contribution in [0.15, 0.2) is 54.6 Å². The maximum atomic E-state index is 12.6. The quantitative estimate of drug-likeness (QED) is 0.238. The van der Waals surface area contributed by atoms with Crippen molar-refractivity contribution in [2.45, 2.75) is 131 Å². The Hall–Kier alpha value is -2.63. The van der Waals surface area contributed by atoms with Crippen molar-refractivity contribution in [1.29, 1.82) is 0 Å². The van der Waals surface area contributed by atoms with Crippen molar-refractivity contribution in [2.24, 2.45) is 17.8 Å². The van der Waals surface area contributed by atoms with Crippen molar-refractivity contribution in [2.75, 3.05) is 13.2 Å². The van der Waals surface area contributed by atoms with Gasteiger partial charge in [0.1, 0.15) is 17.5 Å². The average Bonchev–Trinajstić information content (AvgIpc) is 2.96. The maximum Gasteiger partial charge on any atom is 0.154 e. The molecule has 0 amide bonds. The third-order valence-corrected chi connectivity index (χ3v) is 7.51. The topological polar surface area (TPSA) is 18.5 Å². The first-order chi connectivity index (χ1) is 20.2. The smallest absolute Gasteiger partial charge is 0.154 e. The summed E-state index contributed by atoms with van der Waals surface area (Å²) in [6.45, 7) is 21.4. The third kappa shape index (κ3) is 23.4. The minimum atomic E-state index is -0.475. The average molecular weight is 665 g/mol. The van der Waals surface area contributed by atoms with E-state index >= 15 is 0 Å². The van der Waals surface area contributed by atoms with Crippen LogP contribution in [0, 0.1) is 76.7 Å². The Morgan fingerprint density at radius 3 is 1.13 bits per heavy atom. The van der Waals surface area contributed by atoms with E-state index in [0.29, 0.717) is 17.0 Å². The Labute approximate surface area is 289 Å². The highest BCUT2D eigenvalue weighted by Gasteiger charge is 2.14. The van der Waals surface area contributed by atoms with E-state index in [9.17, 15) is 13.2 Å². The molecule has 1 heterocycles. The summed E-state index contributed by atoms with van der Waals surface area (Å²) in [5, 5.41) is 0. The van der Waals surface area contributed by atoms with Crippen molar-refractivity contribution in [3.63, 3.8) is 0 Å². The summed E-state index contributed by atoms with van der Waals surface area (Å²) in [5.74, 6) is 1.55. The monoisotopic (exact) mass is 665 g/mol. The SMILES string of the molecule is C.C.C.C.CC1CCC(C)CC1.CC1COC(C)OC1.Cc1cc(F)c(C)c(F)c1.Cc1ccc(C)c(F)c1.Cc1ccc(C)cc1. The fraction of sp³-hybridized carbons (Fsp3) is 0.571. The van der Waals surface area contributed by atoms with Crippen LogP contribution in [0.5, 0.6) is 0 Å². The van der Waals surface area contributed by atoms with Gasteiger partial charge in [-0.05, 0) is 95.2 Å². The zero-order valence-corrected chi connectivity index (χ0v) is 28.2. The molecule has 0 radical (unpaired) electrons. The van der Waals surface area contributed by atoms with Crippen LogP contribution in [0.2, 0.25) is 0 Å². The third-order valence-electron chi connectivity index (χ3n) is 7.51. The molecule has 0 unspecified atom stereocenters. The molecular formula is C42H71F3O2. The van der Waals surface area contributed by atoms with E-state index in [2.05, 4.69) is 58.9 Å². The van der Waals surface area contributed by atoms with Gasteiger partial charge in [-0.2, -0.15) is 0 Å². The normalized spacial score (nSPS) is 19.1. The zero-order chi connectivity index (χ0) is 32.5. The fourth-order valence-corrected chi connectivity index (χ4v) is 4.23. The lowest BCUT2D eigenvalue weighted by molar-refractivity contribution is -0.187. The van der Waals surface area contributed by atoms with Gasteiger partial charge >= 0.3 is 0 Å². The standard InChI is InChI=1S/C8H8F2.C8H9F.C8H16.C8H10.C6H12O2.4CH4/c1-5-3-7(9)6(2)8(10)4-5;1-6-3-4-7(2)8(9)5-6;2*1-7-3-5-8(2)6-4-7;1-5-3-7-6(2)8-4-5;;;;/h3-4H,1-2H3;3-5H,1-2H3;7-8H,3-6H2,1-2H3;3-6H,1-2H3;5-6H,3-4H2,1-2H3;4*1H4. The number of hydrogen-bond acceptors (Lipinski definition) is 2. The largest absolute Gasteiger partial charge is 0.353 e. The lowest BCUT2D eigenvalue weighted by Crippen LogP contribution is -2.27. The highest BCUT2D eigenvalue weighted by atomic mass is 19.1. The van der Waals surface area contributed by atoms with Gasteiger partial charge in [-0.1, -0.05) is 124 Å². The molecule has 3 aromatic carbocycles. The second-order valence-corrected chi connectivity index (χ2v) is 12.5. The van der Waals surface area contributed by atoms with Crippen LogP contribution in [0.3, 0.4) is 0 Å². The number of aryl methyl sites for hydroxylation is 5. The molecule has 0 atom stereocenters. The summed E-state index contributed by atoms with van der Waals surface area (Å²) < 4.78 is 48.1. The Morgan fingerprint density at radius 2 is 0.809 bits per heavy atom. The number of benzene rings is 3. The molecular weight excluding hydrogens is 593 g/mol. The Kier molecular flexibility index (Phi) is 29.8. The van der Waals surface area contributed by atoms with Gasteiger partial charge < -0.3 is 9.47 Å². The molecule has 3 aromatic rings. The van der Waals surface area contributed by atoms with Gasteiger partial charge in [-0.25, -0.2) is 13.2 Å². The molecule has 2 nitrogen and oxygen atoms in total. The molecule has 0 spiro atoms. The van der Waals surface area contributed by atoms with E-state index < -0.39 is 11.6 Å². The van der Waals surface area contributed by atoms with E-state index in [1.54, 1.807) is 19.9 Å². The van der Waals surface area contributed by atoms with Crippen LogP contribution in [0.1, 0.15) is 116 Å². The number of rotatable bonds is 0. The molecule has 272 valence electrons. The molecule has 0 aromatic heterocycles. The van der Waals surface area contributed by atoms with Gasteiger partial charge in [0.25, 0.3) is 0 Å². The van der Waals surface area contributed by atoms with E-state index in [-0.39, 0.29) is 47.4 Å². The van der Waals surface area contributed by atoms with Gasteiger partial charge in [0, 0.05) is 11.5 Å². The number of ether oxygens (including phenoxy) is 2.